The normalized spacial score (nSPS) is 16.6. The monoisotopic (exact) mass is 480 g/mol. The molecule has 0 bridgehead atoms. The molecular formula is C24H24N4O5S. The number of carbonyl (C=O) groups excluding carboxylic acids is 3. The van der Waals surface area contributed by atoms with Crippen molar-refractivity contribution in [3.63, 3.8) is 0 Å². The minimum atomic E-state index is -0.629. The molecule has 1 N–H and O–H groups in total. The topological polar surface area (TPSA) is 112 Å². The number of amides is 1. The van der Waals surface area contributed by atoms with E-state index in [1.165, 1.54) is 49.7 Å². The molecular weight excluding hydrogens is 456 g/mol. The maximum atomic E-state index is 12.6. The van der Waals surface area contributed by atoms with Crippen molar-refractivity contribution in [2.45, 2.75) is 23.4 Å². The first-order chi connectivity index (χ1) is 16.4. The van der Waals surface area contributed by atoms with Crippen molar-refractivity contribution in [2.24, 2.45) is 7.05 Å². The lowest BCUT2D eigenvalue weighted by Gasteiger charge is -2.09. The average Bonchev–Trinajstić information content (AvgIpc) is 3.57. The van der Waals surface area contributed by atoms with Gasteiger partial charge < -0.3 is 19.4 Å². The summed E-state index contributed by atoms with van der Waals surface area (Å²) >= 11 is 1.26. The molecule has 1 aliphatic carbocycles. The summed E-state index contributed by atoms with van der Waals surface area (Å²) in [5.74, 6) is 0.171. The molecule has 2 unspecified atom stereocenters. The predicted molar refractivity (Wildman–Crippen MR) is 126 cm³/mol. The van der Waals surface area contributed by atoms with Gasteiger partial charge in [0.25, 0.3) is 0 Å². The molecule has 176 valence electrons. The first-order valence-electron chi connectivity index (χ1n) is 10.6. The van der Waals surface area contributed by atoms with Crippen molar-refractivity contribution in [3.05, 3.63) is 71.0 Å². The van der Waals surface area contributed by atoms with Crippen LogP contribution < -0.4 is 5.32 Å². The molecule has 3 aromatic rings. The van der Waals surface area contributed by atoms with Crippen LogP contribution in [-0.2, 0) is 21.3 Å². The Balaban J connectivity index is 1.39. The van der Waals surface area contributed by atoms with Crippen molar-refractivity contribution in [3.8, 4) is 0 Å². The molecule has 9 nitrogen and oxygen atoms in total. The van der Waals surface area contributed by atoms with Gasteiger partial charge in [-0.3, -0.25) is 4.79 Å². The summed E-state index contributed by atoms with van der Waals surface area (Å²) in [5.41, 5.74) is 1.84. The maximum absolute atomic E-state index is 12.6. The first-order valence-corrected chi connectivity index (χ1v) is 11.6. The highest BCUT2D eigenvalue weighted by atomic mass is 32.2. The van der Waals surface area contributed by atoms with E-state index in [1.807, 2.05) is 29.8 Å². The number of benzene rings is 2. The molecule has 1 heterocycles. The van der Waals surface area contributed by atoms with E-state index in [0.717, 1.165) is 12.2 Å². The van der Waals surface area contributed by atoms with Crippen molar-refractivity contribution in [1.29, 1.82) is 0 Å². The number of anilines is 1. The Bertz CT molecular complexity index is 1190. The largest absolute Gasteiger partial charge is 0.465 e. The number of methoxy groups -OCH3 is 2. The van der Waals surface area contributed by atoms with Crippen molar-refractivity contribution in [2.75, 3.05) is 25.3 Å². The Kier molecular flexibility index (Phi) is 6.97. The molecule has 34 heavy (non-hydrogen) atoms. The van der Waals surface area contributed by atoms with E-state index in [4.69, 9.17) is 9.47 Å². The van der Waals surface area contributed by atoms with Crippen LogP contribution in [0.1, 0.15) is 50.4 Å². The van der Waals surface area contributed by atoms with Crippen molar-refractivity contribution < 1.29 is 23.9 Å². The zero-order chi connectivity index (χ0) is 24.2. The number of nitrogens with zero attached hydrogens (tertiary/aromatic N) is 3. The second kappa shape index (κ2) is 10.1. The number of carbonyl (C=O) groups is 3. The summed E-state index contributed by atoms with van der Waals surface area (Å²) < 4.78 is 11.4. The van der Waals surface area contributed by atoms with Gasteiger partial charge in [-0.25, -0.2) is 9.59 Å². The predicted octanol–water partition coefficient (Wildman–Crippen LogP) is 3.39. The molecule has 1 fully saturated rings. The highest BCUT2D eigenvalue weighted by Crippen LogP contribution is 2.54. The zero-order valence-electron chi connectivity index (χ0n) is 19.0. The Morgan fingerprint density at radius 1 is 1.00 bits per heavy atom. The van der Waals surface area contributed by atoms with Gasteiger partial charge in [-0.1, -0.05) is 42.1 Å². The fourth-order valence-corrected chi connectivity index (χ4v) is 4.54. The van der Waals surface area contributed by atoms with Gasteiger partial charge in [-0.05, 0) is 36.1 Å². The van der Waals surface area contributed by atoms with E-state index in [-0.39, 0.29) is 28.5 Å². The van der Waals surface area contributed by atoms with Crippen LogP contribution in [-0.4, -0.2) is 52.6 Å². The molecule has 1 saturated carbocycles. The van der Waals surface area contributed by atoms with Gasteiger partial charge >= 0.3 is 11.9 Å². The van der Waals surface area contributed by atoms with E-state index >= 15 is 0 Å². The molecule has 1 aliphatic rings. The number of aromatic nitrogens is 3. The second-order valence-electron chi connectivity index (χ2n) is 7.88. The van der Waals surface area contributed by atoms with E-state index < -0.39 is 11.9 Å². The van der Waals surface area contributed by atoms with Gasteiger partial charge in [-0.15, -0.1) is 10.2 Å². The molecule has 4 rings (SSSR count). The van der Waals surface area contributed by atoms with Crippen LogP contribution in [0.4, 0.5) is 5.69 Å². The first kappa shape index (κ1) is 23.5. The number of hydrogen-bond acceptors (Lipinski definition) is 8. The van der Waals surface area contributed by atoms with E-state index in [0.29, 0.717) is 17.0 Å². The molecule has 0 radical (unpaired) electrons. The minimum Gasteiger partial charge on any atom is -0.465 e. The number of esters is 2. The Hall–Kier alpha value is -3.66. The number of hydrogen-bond donors (Lipinski definition) is 1. The van der Waals surface area contributed by atoms with Gasteiger partial charge in [0.15, 0.2) is 5.16 Å². The third-order valence-electron chi connectivity index (χ3n) is 5.61. The fourth-order valence-electron chi connectivity index (χ4n) is 3.82. The fraction of sp³-hybridized carbons (Fsp3) is 0.292. The van der Waals surface area contributed by atoms with Gasteiger partial charge in [0, 0.05) is 18.7 Å². The maximum Gasteiger partial charge on any atom is 0.337 e. The van der Waals surface area contributed by atoms with Gasteiger partial charge in [0.2, 0.25) is 5.91 Å². The number of ether oxygens (including phenoxy) is 2. The van der Waals surface area contributed by atoms with Crippen molar-refractivity contribution >= 4 is 35.3 Å². The van der Waals surface area contributed by atoms with E-state index in [9.17, 15) is 14.4 Å². The molecule has 0 spiro atoms. The van der Waals surface area contributed by atoms with Crippen LogP contribution in [0.15, 0.2) is 53.7 Å². The van der Waals surface area contributed by atoms with Gasteiger partial charge in [0.05, 0.1) is 31.1 Å². The van der Waals surface area contributed by atoms with E-state index in [2.05, 4.69) is 27.6 Å². The summed E-state index contributed by atoms with van der Waals surface area (Å²) in [6.07, 6.45) is 1.03. The van der Waals surface area contributed by atoms with Crippen molar-refractivity contribution in [1.82, 2.24) is 14.8 Å². The third-order valence-corrected chi connectivity index (χ3v) is 6.63. The highest BCUT2D eigenvalue weighted by molar-refractivity contribution is 7.99. The average molecular weight is 481 g/mol. The number of thioether (sulfide) groups is 1. The van der Waals surface area contributed by atoms with Crippen LogP contribution >= 0.6 is 11.8 Å². The number of nitrogens with one attached hydrogen (secondary N) is 1. The molecule has 1 amide bonds. The number of rotatable bonds is 8. The Morgan fingerprint density at radius 3 is 2.26 bits per heavy atom. The van der Waals surface area contributed by atoms with Gasteiger partial charge in [-0.2, -0.15) is 0 Å². The Labute approximate surface area is 200 Å². The molecule has 2 aromatic carbocycles. The Morgan fingerprint density at radius 2 is 1.65 bits per heavy atom. The van der Waals surface area contributed by atoms with E-state index in [1.54, 1.807) is 0 Å². The molecule has 0 aliphatic heterocycles. The highest BCUT2D eigenvalue weighted by Gasteiger charge is 2.42. The standard InChI is InChI=1S/C24H24N4O5S/c1-28-21(19-12-18(19)14-7-5-4-6-8-14)26-27-24(28)34-13-20(29)25-17-10-15(22(30)32-2)9-16(11-17)23(31)33-3/h4-11,18-19H,12-13H2,1-3H3,(H,25,29). The SMILES string of the molecule is COC(=O)c1cc(NC(=O)CSc2nnc(C3CC3c3ccccc3)n2C)cc(C(=O)OC)c1. The minimum absolute atomic E-state index is 0.0781. The smallest absolute Gasteiger partial charge is 0.337 e. The summed E-state index contributed by atoms with van der Waals surface area (Å²) in [6.45, 7) is 0. The zero-order valence-corrected chi connectivity index (χ0v) is 19.8. The third kappa shape index (κ3) is 5.12. The summed E-state index contributed by atoms with van der Waals surface area (Å²) in [6, 6.07) is 14.6. The quantitative estimate of drug-likeness (QED) is 0.386. The van der Waals surface area contributed by atoms with Crippen LogP contribution in [0.5, 0.6) is 0 Å². The summed E-state index contributed by atoms with van der Waals surface area (Å²) in [4.78, 5) is 36.4. The second-order valence-corrected chi connectivity index (χ2v) is 8.82. The van der Waals surface area contributed by atoms with Crippen LogP contribution in [0.3, 0.4) is 0 Å². The molecule has 0 saturated heterocycles. The van der Waals surface area contributed by atoms with Crippen LogP contribution in [0.25, 0.3) is 0 Å². The summed E-state index contributed by atoms with van der Waals surface area (Å²) in [7, 11) is 4.38. The molecule has 2 atom stereocenters. The lowest BCUT2D eigenvalue weighted by Crippen LogP contribution is -2.16. The molecule has 10 heteroatoms. The lowest BCUT2D eigenvalue weighted by atomic mass is 10.1. The van der Waals surface area contributed by atoms with Crippen LogP contribution in [0.2, 0.25) is 0 Å². The van der Waals surface area contributed by atoms with Crippen LogP contribution in [0, 0.1) is 0 Å². The lowest BCUT2D eigenvalue weighted by molar-refractivity contribution is -0.113. The molecule has 1 aromatic heterocycles. The van der Waals surface area contributed by atoms with Gasteiger partial charge in [0.1, 0.15) is 5.82 Å². The summed E-state index contributed by atoms with van der Waals surface area (Å²) in [5, 5.41) is 12.0.